The third-order valence-electron chi connectivity index (χ3n) is 3.75. The number of hydrogen-bond donors (Lipinski definition) is 1. The predicted molar refractivity (Wildman–Crippen MR) is 85.4 cm³/mol. The van der Waals surface area contributed by atoms with E-state index < -0.39 is 16.0 Å². The molecule has 0 spiro atoms. The molecule has 0 saturated carbocycles. The van der Waals surface area contributed by atoms with Crippen LogP contribution in [-0.4, -0.2) is 68.5 Å². The van der Waals surface area contributed by atoms with Crippen molar-refractivity contribution in [1.82, 2.24) is 9.21 Å². The second kappa shape index (κ2) is 7.29. The Balaban J connectivity index is 2.32. The first kappa shape index (κ1) is 17.7. The highest BCUT2D eigenvalue weighted by atomic mass is 32.2. The Morgan fingerprint density at radius 1 is 1.26 bits per heavy atom. The van der Waals surface area contributed by atoms with Crippen LogP contribution in [-0.2, 0) is 10.0 Å². The number of carbonyl (C=O) groups is 1. The summed E-state index contributed by atoms with van der Waals surface area (Å²) < 4.78 is 32.2. The van der Waals surface area contributed by atoms with Gasteiger partial charge >= 0.3 is 5.97 Å². The second-order valence-corrected chi connectivity index (χ2v) is 7.46. The Morgan fingerprint density at radius 2 is 1.91 bits per heavy atom. The zero-order valence-electron chi connectivity index (χ0n) is 13.4. The number of piperazine rings is 1. The number of ether oxygens (including phenoxy) is 1. The molecule has 1 N–H and O–H groups in total. The lowest BCUT2D eigenvalue weighted by Crippen LogP contribution is -2.47. The SMILES string of the molecule is CCCOc1cc(S(=O)(=O)N2CCN(C)CC2)ccc1C(=O)O. The Kier molecular flexibility index (Phi) is 5.61. The molecule has 0 bridgehead atoms. The fourth-order valence-electron chi connectivity index (χ4n) is 2.35. The Bertz CT molecular complexity index is 666. The molecule has 1 saturated heterocycles. The average Bonchev–Trinajstić information content (AvgIpc) is 2.52. The molecule has 7 nitrogen and oxygen atoms in total. The Labute approximate surface area is 136 Å². The smallest absolute Gasteiger partial charge is 0.339 e. The second-order valence-electron chi connectivity index (χ2n) is 5.52. The molecule has 0 aromatic heterocycles. The highest BCUT2D eigenvalue weighted by Crippen LogP contribution is 2.26. The molecule has 0 atom stereocenters. The zero-order chi connectivity index (χ0) is 17.0. The number of carboxylic acids is 1. The van der Waals surface area contributed by atoms with Crippen molar-refractivity contribution in [2.45, 2.75) is 18.2 Å². The van der Waals surface area contributed by atoms with E-state index in [-0.39, 0.29) is 16.2 Å². The van der Waals surface area contributed by atoms with Gasteiger partial charge in [0, 0.05) is 32.2 Å². The molecular weight excluding hydrogens is 320 g/mol. The van der Waals surface area contributed by atoms with Crippen molar-refractivity contribution in [3.05, 3.63) is 23.8 Å². The van der Waals surface area contributed by atoms with Crippen molar-refractivity contribution < 1.29 is 23.1 Å². The van der Waals surface area contributed by atoms with E-state index in [1.807, 2.05) is 14.0 Å². The minimum absolute atomic E-state index is 0.0317. The summed E-state index contributed by atoms with van der Waals surface area (Å²) in [6.45, 7) is 4.41. The summed E-state index contributed by atoms with van der Waals surface area (Å²) in [7, 11) is -1.69. The first-order valence-corrected chi connectivity index (χ1v) is 8.99. The molecule has 1 fully saturated rings. The zero-order valence-corrected chi connectivity index (χ0v) is 14.2. The molecule has 1 aliphatic heterocycles. The molecule has 23 heavy (non-hydrogen) atoms. The van der Waals surface area contributed by atoms with Gasteiger partial charge in [0.05, 0.1) is 11.5 Å². The maximum atomic E-state index is 12.7. The van der Waals surface area contributed by atoms with Crippen LogP contribution in [0.3, 0.4) is 0 Å². The van der Waals surface area contributed by atoms with Crippen LogP contribution in [0.2, 0.25) is 0 Å². The topological polar surface area (TPSA) is 87.2 Å². The lowest BCUT2D eigenvalue weighted by atomic mass is 10.2. The maximum absolute atomic E-state index is 12.7. The van der Waals surface area contributed by atoms with Gasteiger partial charge in [-0.2, -0.15) is 4.31 Å². The van der Waals surface area contributed by atoms with E-state index in [1.165, 1.54) is 22.5 Å². The quantitative estimate of drug-likeness (QED) is 0.833. The normalized spacial score (nSPS) is 17.1. The Hall–Kier alpha value is -1.64. The third kappa shape index (κ3) is 4.01. The molecule has 1 heterocycles. The van der Waals surface area contributed by atoms with Gasteiger partial charge in [-0.1, -0.05) is 6.92 Å². The molecular formula is C15H22N2O5S. The van der Waals surface area contributed by atoms with Crippen molar-refractivity contribution in [1.29, 1.82) is 0 Å². The summed E-state index contributed by atoms with van der Waals surface area (Å²) in [5, 5.41) is 9.19. The van der Waals surface area contributed by atoms with Crippen LogP contribution in [0.4, 0.5) is 0 Å². The molecule has 0 amide bonds. The lowest BCUT2D eigenvalue weighted by Gasteiger charge is -2.31. The van der Waals surface area contributed by atoms with Crippen LogP contribution in [0.1, 0.15) is 23.7 Å². The molecule has 1 aromatic carbocycles. The minimum Gasteiger partial charge on any atom is -0.493 e. The first-order valence-electron chi connectivity index (χ1n) is 7.55. The van der Waals surface area contributed by atoms with Gasteiger partial charge in [-0.15, -0.1) is 0 Å². The fourth-order valence-corrected chi connectivity index (χ4v) is 3.79. The van der Waals surface area contributed by atoms with E-state index in [4.69, 9.17) is 4.74 Å². The number of nitrogens with zero attached hydrogens (tertiary/aromatic N) is 2. The summed E-state index contributed by atoms with van der Waals surface area (Å²) in [6.07, 6.45) is 0.703. The van der Waals surface area contributed by atoms with Gasteiger partial charge in [-0.25, -0.2) is 13.2 Å². The number of carboxylic acid groups (broad SMARTS) is 1. The van der Waals surface area contributed by atoms with Gasteiger partial charge in [-0.3, -0.25) is 0 Å². The van der Waals surface area contributed by atoms with Crippen LogP contribution >= 0.6 is 0 Å². The predicted octanol–water partition coefficient (Wildman–Crippen LogP) is 1.11. The summed E-state index contributed by atoms with van der Waals surface area (Å²) in [6, 6.07) is 3.93. The number of rotatable bonds is 6. The minimum atomic E-state index is -3.64. The van der Waals surface area contributed by atoms with Crippen molar-refractivity contribution in [3.63, 3.8) is 0 Å². The molecule has 0 radical (unpaired) electrons. The number of likely N-dealkylation sites (N-methyl/N-ethyl adjacent to an activating group) is 1. The van der Waals surface area contributed by atoms with Gasteiger partial charge in [0.1, 0.15) is 11.3 Å². The largest absolute Gasteiger partial charge is 0.493 e. The summed E-state index contributed by atoms with van der Waals surface area (Å²) in [5.41, 5.74) is -0.0317. The average molecular weight is 342 g/mol. The first-order chi connectivity index (χ1) is 10.9. The van der Waals surface area contributed by atoms with Crippen molar-refractivity contribution >= 4 is 16.0 Å². The number of aromatic carboxylic acids is 1. The van der Waals surface area contributed by atoms with Crippen LogP contribution in [0.5, 0.6) is 5.75 Å². The molecule has 8 heteroatoms. The van der Waals surface area contributed by atoms with E-state index in [0.717, 1.165) is 0 Å². The van der Waals surface area contributed by atoms with Crippen LogP contribution in [0, 0.1) is 0 Å². The van der Waals surface area contributed by atoms with Crippen molar-refractivity contribution in [3.8, 4) is 5.75 Å². The molecule has 128 valence electrons. The monoisotopic (exact) mass is 342 g/mol. The highest BCUT2D eigenvalue weighted by molar-refractivity contribution is 7.89. The van der Waals surface area contributed by atoms with Crippen LogP contribution in [0.25, 0.3) is 0 Å². The van der Waals surface area contributed by atoms with Crippen LogP contribution < -0.4 is 4.74 Å². The van der Waals surface area contributed by atoms with Gasteiger partial charge in [0.2, 0.25) is 10.0 Å². The molecule has 0 unspecified atom stereocenters. The summed E-state index contributed by atoms with van der Waals surface area (Å²) in [4.78, 5) is 13.4. The number of hydrogen-bond acceptors (Lipinski definition) is 5. The van der Waals surface area contributed by atoms with E-state index in [1.54, 1.807) is 0 Å². The van der Waals surface area contributed by atoms with Gasteiger partial charge in [-0.05, 0) is 25.6 Å². The standard InChI is InChI=1S/C15H22N2O5S/c1-3-10-22-14-11-12(4-5-13(14)15(18)19)23(20,21)17-8-6-16(2)7-9-17/h4-5,11H,3,6-10H2,1-2H3,(H,18,19). The molecule has 2 rings (SSSR count). The maximum Gasteiger partial charge on any atom is 0.339 e. The van der Waals surface area contributed by atoms with Gasteiger partial charge < -0.3 is 14.7 Å². The number of benzene rings is 1. The van der Waals surface area contributed by atoms with Crippen LogP contribution in [0.15, 0.2) is 23.1 Å². The van der Waals surface area contributed by atoms with Crippen molar-refractivity contribution in [2.24, 2.45) is 0 Å². The Morgan fingerprint density at radius 3 is 2.48 bits per heavy atom. The lowest BCUT2D eigenvalue weighted by molar-refractivity contribution is 0.0692. The number of sulfonamides is 1. The van der Waals surface area contributed by atoms with Gasteiger partial charge in [0.15, 0.2) is 0 Å². The molecule has 1 aromatic rings. The van der Waals surface area contributed by atoms with E-state index >= 15 is 0 Å². The van der Waals surface area contributed by atoms with E-state index in [0.29, 0.717) is 39.2 Å². The van der Waals surface area contributed by atoms with E-state index in [2.05, 4.69) is 4.90 Å². The molecule has 0 aliphatic carbocycles. The molecule has 1 aliphatic rings. The highest BCUT2D eigenvalue weighted by Gasteiger charge is 2.28. The van der Waals surface area contributed by atoms with E-state index in [9.17, 15) is 18.3 Å². The summed E-state index contributed by atoms with van der Waals surface area (Å²) >= 11 is 0. The summed E-state index contributed by atoms with van der Waals surface area (Å²) in [5.74, 6) is -1.05. The van der Waals surface area contributed by atoms with Crippen molar-refractivity contribution in [2.75, 3.05) is 39.8 Å². The van der Waals surface area contributed by atoms with Gasteiger partial charge in [0.25, 0.3) is 0 Å². The third-order valence-corrected chi connectivity index (χ3v) is 5.64. The fraction of sp³-hybridized carbons (Fsp3) is 0.533.